The first-order chi connectivity index (χ1) is 10.9. The van der Waals surface area contributed by atoms with E-state index in [2.05, 4.69) is 10.3 Å². The number of fused-ring (bicyclic) bond motifs is 1. The van der Waals surface area contributed by atoms with Crippen LogP contribution in [0, 0.1) is 5.41 Å². The second-order valence-electron chi connectivity index (χ2n) is 6.89. The molecule has 0 aliphatic heterocycles. The van der Waals surface area contributed by atoms with Gasteiger partial charge in [-0.15, -0.1) is 0 Å². The number of hydrogen-bond donors (Lipinski definition) is 2. The van der Waals surface area contributed by atoms with Crippen LogP contribution < -0.4 is 5.32 Å². The molecule has 1 atom stereocenters. The summed E-state index contributed by atoms with van der Waals surface area (Å²) >= 11 is 0. The zero-order valence-electron chi connectivity index (χ0n) is 14.5. The van der Waals surface area contributed by atoms with Crippen LogP contribution in [0.25, 0.3) is 11.0 Å². The first-order valence-corrected chi connectivity index (χ1v) is 9.54. The molecule has 1 amide bonds. The lowest BCUT2D eigenvalue weighted by molar-refractivity contribution is 0.172. The Morgan fingerprint density at radius 1 is 1.38 bits per heavy atom. The van der Waals surface area contributed by atoms with Crippen LogP contribution in [0.3, 0.4) is 0 Å². The maximum Gasteiger partial charge on any atom is 0.405 e. The SMILES string of the molecule is CCn1c(C(NC(=O)O)C(C)(C)C)nc2cc(S(C)(=O)=O)ccc21. The van der Waals surface area contributed by atoms with Crippen molar-refractivity contribution in [3.8, 4) is 0 Å². The van der Waals surface area contributed by atoms with Crippen molar-refractivity contribution in [3.05, 3.63) is 24.0 Å². The molecule has 2 aromatic rings. The maximum absolute atomic E-state index is 11.8. The Morgan fingerprint density at radius 3 is 2.46 bits per heavy atom. The summed E-state index contributed by atoms with van der Waals surface area (Å²) in [5, 5.41) is 11.7. The lowest BCUT2D eigenvalue weighted by Crippen LogP contribution is -2.37. The van der Waals surface area contributed by atoms with Crippen molar-refractivity contribution in [2.75, 3.05) is 6.26 Å². The van der Waals surface area contributed by atoms with E-state index in [1.807, 2.05) is 32.3 Å². The molecule has 0 aliphatic carbocycles. The van der Waals surface area contributed by atoms with Crippen molar-refractivity contribution in [2.45, 2.75) is 45.2 Å². The number of rotatable bonds is 4. The van der Waals surface area contributed by atoms with E-state index in [4.69, 9.17) is 0 Å². The summed E-state index contributed by atoms with van der Waals surface area (Å²) in [5.41, 5.74) is 0.921. The van der Waals surface area contributed by atoms with Crippen molar-refractivity contribution in [2.24, 2.45) is 5.41 Å². The summed E-state index contributed by atoms with van der Waals surface area (Å²) in [6, 6.07) is 4.27. The number of aryl methyl sites for hydroxylation is 1. The lowest BCUT2D eigenvalue weighted by atomic mass is 9.86. The smallest absolute Gasteiger partial charge is 0.405 e. The second-order valence-corrected chi connectivity index (χ2v) is 8.90. The van der Waals surface area contributed by atoms with E-state index in [-0.39, 0.29) is 4.90 Å². The highest BCUT2D eigenvalue weighted by atomic mass is 32.2. The topological polar surface area (TPSA) is 101 Å². The quantitative estimate of drug-likeness (QED) is 0.880. The van der Waals surface area contributed by atoms with Gasteiger partial charge in [0.2, 0.25) is 0 Å². The molecule has 0 aliphatic rings. The number of carboxylic acid groups (broad SMARTS) is 1. The van der Waals surface area contributed by atoms with Gasteiger partial charge in [0.1, 0.15) is 5.82 Å². The summed E-state index contributed by atoms with van der Waals surface area (Å²) in [5.74, 6) is 0.577. The van der Waals surface area contributed by atoms with Gasteiger partial charge in [-0.2, -0.15) is 0 Å². The summed E-state index contributed by atoms with van der Waals surface area (Å²) in [4.78, 5) is 15.9. The van der Waals surface area contributed by atoms with E-state index in [0.29, 0.717) is 17.9 Å². The minimum atomic E-state index is -3.33. The van der Waals surface area contributed by atoms with Crippen LogP contribution in [-0.2, 0) is 16.4 Å². The van der Waals surface area contributed by atoms with Gasteiger partial charge >= 0.3 is 6.09 Å². The predicted octanol–water partition coefficient (Wildman–Crippen LogP) is 2.81. The average molecular weight is 353 g/mol. The van der Waals surface area contributed by atoms with Gasteiger partial charge in [0, 0.05) is 12.8 Å². The van der Waals surface area contributed by atoms with E-state index in [9.17, 15) is 18.3 Å². The van der Waals surface area contributed by atoms with E-state index in [0.717, 1.165) is 11.8 Å². The predicted molar refractivity (Wildman–Crippen MR) is 91.9 cm³/mol. The zero-order valence-corrected chi connectivity index (χ0v) is 15.3. The third-order valence-corrected chi connectivity index (χ3v) is 5.00. The molecule has 2 rings (SSSR count). The number of amides is 1. The summed E-state index contributed by atoms with van der Waals surface area (Å²) < 4.78 is 25.4. The summed E-state index contributed by atoms with van der Waals surface area (Å²) in [6.45, 7) is 8.31. The molecule has 0 spiro atoms. The van der Waals surface area contributed by atoms with Crippen LogP contribution in [0.2, 0.25) is 0 Å². The minimum absolute atomic E-state index is 0.195. The number of benzene rings is 1. The van der Waals surface area contributed by atoms with Gasteiger partial charge in [0.25, 0.3) is 0 Å². The number of imidazole rings is 1. The molecule has 1 unspecified atom stereocenters. The molecule has 1 aromatic carbocycles. The highest BCUT2D eigenvalue weighted by Crippen LogP contribution is 2.34. The normalized spacial score (nSPS) is 13.9. The molecule has 24 heavy (non-hydrogen) atoms. The fourth-order valence-electron chi connectivity index (χ4n) is 2.70. The molecule has 0 bridgehead atoms. The Bertz CT molecular complexity index is 879. The number of aromatic nitrogens is 2. The van der Waals surface area contributed by atoms with E-state index in [1.54, 1.807) is 12.1 Å². The fourth-order valence-corrected chi connectivity index (χ4v) is 3.34. The molecule has 1 aromatic heterocycles. The van der Waals surface area contributed by atoms with Gasteiger partial charge in [-0.05, 0) is 30.5 Å². The van der Waals surface area contributed by atoms with Crippen LogP contribution >= 0.6 is 0 Å². The Hall–Kier alpha value is -2.09. The van der Waals surface area contributed by atoms with Crippen LogP contribution in [0.5, 0.6) is 0 Å². The van der Waals surface area contributed by atoms with Crippen molar-refractivity contribution in [3.63, 3.8) is 0 Å². The van der Waals surface area contributed by atoms with Crippen LogP contribution in [-0.4, -0.2) is 35.4 Å². The Morgan fingerprint density at radius 2 is 2.00 bits per heavy atom. The first kappa shape index (κ1) is 18.3. The first-order valence-electron chi connectivity index (χ1n) is 7.65. The van der Waals surface area contributed by atoms with Gasteiger partial charge in [-0.25, -0.2) is 18.2 Å². The van der Waals surface area contributed by atoms with Crippen LogP contribution in [0.1, 0.15) is 39.6 Å². The summed E-state index contributed by atoms with van der Waals surface area (Å²) in [6.07, 6.45) is 0.0250. The molecule has 0 saturated heterocycles. The minimum Gasteiger partial charge on any atom is -0.465 e. The zero-order chi connectivity index (χ0) is 18.3. The van der Waals surface area contributed by atoms with Crippen molar-refractivity contribution in [1.82, 2.24) is 14.9 Å². The van der Waals surface area contributed by atoms with Gasteiger partial charge < -0.3 is 15.0 Å². The van der Waals surface area contributed by atoms with Crippen molar-refractivity contribution < 1.29 is 18.3 Å². The molecular weight excluding hydrogens is 330 g/mol. The van der Waals surface area contributed by atoms with Crippen LogP contribution in [0.4, 0.5) is 4.79 Å². The van der Waals surface area contributed by atoms with Gasteiger partial charge in [0.15, 0.2) is 9.84 Å². The molecule has 0 radical (unpaired) electrons. The van der Waals surface area contributed by atoms with E-state index in [1.165, 1.54) is 6.07 Å². The standard InChI is InChI=1S/C16H23N3O4S/c1-6-19-12-8-7-10(24(5,22)23)9-11(12)17-14(19)13(16(2,3)4)18-15(20)21/h7-9,13,18H,6H2,1-5H3,(H,20,21). The van der Waals surface area contributed by atoms with Crippen LogP contribution in [0.15, 0.2) is 23.1 Å². The van der Waals surface area contributed by atoms with Crippen molar-refractivity contribution in [1.29, 1.82) is 0 Å². The number of sulfone groups is 1. The number of nitrogens with zero attached hydrogens (tertiary/aromatic N) is 2. The molecule has 8 heteroatoms. The average Bonchev–Trinajstić information content (AvgIpc) is 2.79. The van der Waals surface area contributed by atoms with E-state index < -0.39 is 27.4 Å². The van der Waals surface area contributed by atoms with Gasteiger partial charge in [-0.3, -0.25) is 0 Å². The third kappa shape index (κ3) is 3.53. The molecular formula is C16H23N3O4S. The highest BCUT2D eigenvalue weighted by Gasteiger charge is 2.32. The highest BCUT2D eigenvalue weighted by molar-refractivity contribution is 7.90. The number of carbonyl (C=O) groups is 1. The molecule has 2 N–H and O–H groups in total. The Labute approximate surface area is 141 Å². The largest absolute Gasteiger partial charge is 0.465 e. The number of hydrogen-bond acceptors (Lipinski definition) is 4. The lowest BCUT2D eigenvalue weighted by Gasteiger charge is -2.30. The van der Waals surface area contributed by atoms with Gasteiger partial charge in [0.05, 0.1) is 22.0 Å². The second kappa shape index (κ2) is 6.08. The maximum atomic E-state index is 11.8. The molecule has 0 fully saturated rings. The molecule has 0 saturated carbocycles. The molecule has 7 nitrogen and oxygen atoms in total. The molecule has 1 heterocycles. The summed E-state index contributed by atoms with van der Waals surface area (Å²) in [7, 11) is -3.33. The third-order valence-electron chi connectivity index (χ3n) is 3.89. The van der Waals surface area contributed by atoms with Gasteiger partial charge in [-0.1, -0.05) is 20.8 Å². The fraction of sp³-hybridized carbons (Fsp3) is 0.500. The Balaban J connectivity index is 2.70. The van der Waals surface area contributed by atoms with E-state index >= 15 is 0 Å². The Kier molecular flexibility index (Phi) is 4.63. The number of nitrogens with one attached hydrogen (secondary N) is 1. The van der Waals surface area contributed by atoms with Crippen molar-refractivity contribution >= 4 is 27.0 Å². The monoisotopic (exact) mass is 353 g/mol. The molecule has 132 valence electrons.